The quantitative estimate of drug-likeness (QED) is 0.357. The van der Waals surface area contributed by atoms with Gasteiger partial charge in [-0.25, -0.2) is 4.98 Å². The van der Waals surface area contributed by atoms with Gasteiger partial charge in [0.05, 0.1) is 37.7 Å². The number of nitrogens with one attached hydrogen (secondary N) is 1. The van der Waals surface area contributed by atoms with Gasteiger partial charge in [0.25, 0.3) is 0 Å². The number of ether oxygens (including phenoxy) is 2. The number of hydrogen-bond acceptors (Lipinski definition) is 5. The first-order valence-corrected chi connectivity index (χ1v) is 12.2. The zero-order valence-electron chi connectivity index (χ0n) is 21.0. The second-order valence-electron chi connectivity index (χ2n) is 8.84. The lowest BCUT2D eigenvalue weighted by Gasteiger charge is -2.29. The first kappa shape index (κ1) is 23.8. The minimum absolute atomic E-state index is 0.173. The third kappa shape index (κ3) is 3.97. The minimum atomic E-state index is -0.183. The Morgan fingerprint density at radius 2 is 1.72 bits per heavy atom. The zero-order valence-corrected chi connectivity index (χ0v) is 21.8. The standard InChI is InChI=1S/C28H29N5O2S/c1-17-9-8-14-30-27(17)32-18(2)15-21(19(32)3)26-25(22-10-6-7-13-29-22)31-28(36)33(26)23-16-20(34-4)11-12-24(23)35-5/h6-16,25-26H,1-5H3,(H,31,36)/t25-,26-/m0/s1. The summed E-state index contributed by atoms with van der Waals surface area (Å²) in [6, 6.07) is 17.6. The second-order valence-corrected chi connectivity index (χ2v) is 9.23. The van der Waals surface area contributed by atoms with Gasteiger partial charge in [-0.15, -0.1) is 0 Å². The Morgan fingerprint density at radius 1 is 0.917 bits per heavy atom. The average Bonchev–Trinajstić information content (AvgIpc) is 3.39. The van der Waals surface area contributed by atoms with Crippen LogP contribution in [0.1, 0.15) is 40.3 Å². The summed E-state index contributed by atoms with van der Waals surface area (Å²) in [7, 11) is 3.32. The van der Waals surface area contributed by atoms with Crippen molar-refractivity contribution in [2.75, 3.05) is 19.1 Å². The third-order valence-corrected chi connectivity index (χ3v) is 7.04. The number of nitrogens with zero attached hydrogens (tertiary/aromatic N) is 4. The van der Waals surface area contributed by atoms with Crippen LogP contribution in [0.15, 0.2) is 67.0 Å². The summed E-state index contributed by atoms with van der Waals surface area (Å²) >= 11 is 5.93. The first-order valence-electron chi connectivity index (χ1n) is 11.8. The van der Waals surface area contributed by atoms with Crippen molar-refractivity contribution in [3.8, 4) is 17.3 Å². The lowest BCUT2D eigenvalue weighted by Crippen LogP contribution is -2.30. The molecule has 4 heterocycles. The van der Waals surface area contributed by atoms with Crippen molar-refractivity contribution in [1.29, 1.82) is 0 Å². The van der Waals surface area contributed by atoms with Crippen molar-refractivity contribution in [1.82, 2.24) is 19.9 Å². The summed E-state index contributed by atoms with van der Waals surface area (Å²) < 4.78 is 13.5. The Balaban J connectivity index is 1.73. The molecule has 1 aliphatic heterocycles. The fourth-order valence-electron chi connectivity index (χ4n) is 5.04. The summed E-state index contributed by atoms with van der Waals surface area (Å²) in [5.41, 5.74) is 6.17. The number of anilines is 1. The number of aromatic nitrogens is 3. The van der Waals surface area contributed by atoms with Crippen LogP contribution < -0.4 is 19.7 Å². The molecule has 3 aromatic heterocycles. The fourth-order valence-corrected chi connectivity index (χ4v) is 5.38. The van der Waals surface area contributed by atoms with E-state index in [0.717, 1.165) is 45.5 Å². The number of benzene rings is 1. The molecular weight excluding hydrogens is 470 g/mol. The van der Waals surface area contributed by atoms with Gasteiger partial charge in [-0.2, -0.15) is 0 Å². The molecule has 4 aromatic rings. The molecule has 0 unspecified atom stereocenters. The van der Waals surface area contributed by atoms with Gasteiger partial charge in [-0.1, -0.05) is 12.1 Å². The van der Waals surface area contributed by atoms with Crippen molar-refractivity contribution in [2.24, 2.45) is 0 Å². The largest absolute Gasteiger partial charge is 0.497 e. The maximum absolute atomic E-state index is 5.93. The molecule has 184 valence electrons. The number of rotatable bonds is 6. The van der Waals surface area contributed by atoms with Gasteiger partial charge in [-0.05, 0) is 80.5 Å². The van der Waals surface area contributed by atoms with Crippen molar-refractivity contribution in [3.63, 3.8) is 0 Å². The van der Waals surface area contributed by atoms with Crippen LogP contribution in [0.3, 0.4) is 0 Å². The van der Waals surface area contributed by atoms with Crippen molar-refractivity contribution in [3.05, 3.63) is 95.2 Å². The lowest BCUT2D eigenvalue weighted by atomic mass is 9.96. The molecule has 2 atom stereocenters. The molecule has 36 heavy (non-hydrogen) atoms. The van der Waals surface area contributed by atoms with Crippen LogP contribution in [-0.4, -0.2) is 33.9 Å². The lowest BCUT2D eigenvalue weighted by molar-refractivity contribution is 0.403. The topological polar surface area (TPSA) is 64.4 Å². The Kier molecular flexibility index (Phi) is 6.36. The maximum Gasteiger partial charge on any atom is 0.174 e. The molecule has 7 nitrogen and oxygen atoms in total. The van der Waals surface area contributed by atoms with Crippen LogP contribution in [0.5, 0.6) is 11.5 Å². The summed E-state index contributed by atoms with van der Waals surface area (Å²) in [6.07, 6.45) is 3.64. The number of methoxy groups -OCH3 is 2. The van der Waals surface area contributed by atoms with Gasteiger partial charge in [0.1, 0.15) is 17.3 Å². The Morgan fingerprint density at radius 3 is 2.42 bits per heavy atom. The van der Waals surface area contributed by atoms with Gasteiger partial charge in [0.2, 0.25) is 0 Å². The van der Waals surface area contributed by atoms with Crippen LogP contribution in [0.2, 0.25) is 0 Å². The van der Waals surface area contributed by atoms with E-state index in [1.165, 1.54) is 0 Å². The molecule has 0 radical (unpaired) electrons. The third-order valence-electron chi connectivity index (χ3n) is 6.73. The zero-order chi connectivity index (χ0) is 25.4. The summed E-state index contributed by atoms with van der Waals surface area (Å²) in [5.74, 6) is 2.36. The van der Waals surface area contributed by atoms with E-state index in [4.69, 9.17) is 21.7 Å². The summed E-state index contributed by atoms with van der Waals surface area (Å²) in [6.45, 7) is 6.32. The molecular formula is C28H29N5O2S. The van der Waals surface area contributed by atoms with E-state index in [0.29, 0.717) is 10.9 Å². The predicted molar refractivity (Wildman–Crippen MR) is 145 cm³/mol. The fraction of sp³-hybridized carbons (Fsp3) is 0.250. The highest BCUT2D eigenvalue weighted by molar-refractivity contribution is 7.80. The summed E-state index contributed by atoms with van der Waals surface area (Å²) in [4.78, 5) is 11.5. The predicted octanol–water partition coefficient (Wildman–Crippen LogP) is 5.39. The highest BCUT2D eigenvalue weighted by atomic mass is 32.1. The second kappa shape index (κ2) is 9.62. The molecule has 5 rings (SSSR count). The number of thiocarbonyl (C=S) groups is 1. The molecule has 0 saturated carbocycles. The molecule has 1 saturated heterocycles. The van der Waals surface area contributed by atoms with E-state index in [1.807, 2.05) is 54.9 Å². The number of aryl methyl sites for hydroxylation is 2. The number of hydrogen-bond donors (Lipinski definition) is 1. The summed E-state index contributed by atoms with van der Waals surface area (Å²) in [5, 5.41) is 4.13. The Bertz CT molecular complexity index is 1420. The van der Waals surface area contributed by atoms with Crippen molar-refractivity contribution in [2.45, 2.75) is 32.9 Å². The molecule has 1 aromatic carbocycles. The molecule has 1 fully saturated rings. The van der Waals surface area contributed by atoms with Crippen LogP contribution in [0.25, 0.3) is 5.82 Å². The Hall–Kier alpha value is -3.91. The van der Waals surface area contributed by atoms with E-state index >= 15 is 0 Å². The molecule has 0 aliphatic carbocycles. The highest BCUT2D eigenvalue weighted by Crippen LogP contribution is 2.47. The monoisotopic (exact) mass is 499 g/mol. The van der Waals surface area contributed by atoms with Gasteiger partial charge < -0.3 is 24.3 Å². The van der Waals surface area contributed by atoms with Crippen LogP contribution in [-0.2, 0) is 0 Å². The molecule has 0 bridgehead atoms. The van der Waals surface area contributed by atoms with Crippen molar-refractivity contribution >= 4 is 23.0 Å². The molecule has 1 N–H and O–H groups in total. The van der Waals surface area contributed by atoms with Gasteiger partial charge >= 0.3 is 0 Å². The van der Waals surface area contributed by atoms with E-state index < -0.39 is 0 Å². The van der Waals surface area contributed by atoms with E-state index in [-0.39, 0.29) is 12.1 Å². The Labute approximate surface area is 216 Å². The number of pyridine rings is 2. The van der Waals surface area contributed by atoms with E-state index in [1.54, 1.807) is 14.2 Å². The first-order chi connectivity index (χ1) is 17.4. The van der Waals surface area contributed by atoms with Crippen LogP contribution >= 0.6 is 12.2 Å². The van der Waals surface area contributed by atoms with Gasteiger partial charge in [-0.3, -0.25) is 4.98 Å². The van der Waals surface area contributed by atoms with Gasteiger partial charge in [0, 0.05) is 29.8 Å². The molecule has 0 spiro atoms. The molecule has 1 aliphatic rings. The molecule has 0 amide bonds. The van der Waals surface area contributed by atoms with E-state index in [2.05, 4.69) is 57.7 Å². The van der Waals surface area contributed by atoms with Crippen LogP contribution in [0, 0.1) is 20.8 Å². The van der Waals surface area contributed by atoms with E-state index in [9.17, 15) is 0 Å². The van der Waals surface area contributed by atoms with Crippen LogP contribution in [0.4, 0.5) is 5.69 Å². The maximum atomic E-state index is 5.93. The van der Waals surface area contributed by atoms with Crippen molar-refractivity contribution < 1.29 is 9.47 Å². The highest BCUT2D eigenvalue weighted by Gasteiger charge is 2.43. The SMILES string of the molecule is COc1ccc(OC)c(N2C(=S)N[C@@H](c3ccccn3)[C@@H]2c2cc(C)n(-c3ncccc3C)c2C)c1. The van der Waals surface area contributed by atoms with Gasteiger partial charge in [0.15, 0.2) is 5.11 Å². The smallest absolute Gasteiger partial charge is 0.174 e. The normalized spacial score (nSPS) is 17.2. The average molecular weight is 500 g/mol. The minimum Gasteiger partial charge on any atom is -0.497 e. The molecule has 8 heteroatoms.